The molecular weight excluding hydrogens is 316 g/mol. The van der Waals surface area contributed by atoms with E-state index in [1.807, 2.05) is 16.8 Å². The normalized spacial score (nSPS) is 20.0. The molecule has 7 heteroatoms. The van der Waals surface area contributed by atoms with Gasteiger partial charge in [0.25, 0.3) is 0 Å². The molecule has 0 saturated heterocycles. The van der Waals surface area contributed by atoms with Crippen LogP contribution in [0.2, 0.25) is 5.02 Å². The number of ether oxygens (including phenoxy) is 2. The Labute approximate surface area is 139 Å². The lowest BCUT2D eigenvalue weighted by Gasteiger charge is -2.24. The highest BCUT2D eigenvalue weighted by molar-refractivity contribution is 6.32. The molecule has 2 aliphatic heterocycles. The van der Waals surface area contributed by atoms with Gasteiger partial charge in [0.2, 0.25) is 0 Å². The first kappa shape index (κ1) is 14.8. The molecule has 0 spiro atoms. The summed E-state index contributed by atoms with van der Waals surface area (Å²) in [4.78, 5) is 4.25. The molecule has 3 heterocycles. The Morgan fingerprint density at radius 3 is 3.17 bits per heavy atom. The number of halogens is 1. The van der Waals surface area contributed by atoms with Gasteiger partial charge in [-0.2, -0.15) is 5.10 Å². The standard InChI is InChI=1S/C16H19ClN4O2/c17-13-6-11(7-14-16(13)23-5-1-4-22-14)8-18-12-2-3-15-19-10-20-21(15)9-12/h6-7,10,12,18H,1-5,8-9H2/t12-/m1/s1. The second-order valence-corrected chi connectivity index (χ2v) is 6.34. The van der Waals surface area contributed by atoms with Crippen LogP contribution in [0.3, 0.4) is 0 Å². The van der Waals surface area contributed by atoms with Gasteiger partial charge in [0.15, 0.2) is 11.5 Å². The van der Waals surface area contributed by atoms with Crippen molar-refractivity contribution in [3.8, 4) is 11.5 Å². The van der Waals surface area contributed by atoms with Crippen LogP contribution in [-0.2, 0) is 19.5 Å². The summed E-state index contributed by atoms with van der Waals surface area (Å²) < 4.78 is 13.4. The molecule has 0 aliphatic carbocycles. The molecule has 122 valence electrons. The van der Waals surface area contributed by atoms with E-state index in [9.17, 15) is 0 Å². The number of benzene rings is 1. The van der Waals surface area contributed by atoms with Crippen molar-refractivity contribution in [1.82, 2.24) is 20.1 Å². The zero-order valence-corrected chi connectivity index (χ0v) is 13.6. The van der Waals surface area contributed by atoms with Gasteiger partial charge in [-0.3, -0.25) is 0 Å². The molecule has 2 aromatic rings. The minimum atomic E-state index is 0.388. The first-order chi connectivity index (χ1) is 11.3. The van der Waals surface area contributed by atoms with Crippen molar-refractivity contribution in [2.45, 2.75) is 38.4 Å². The van der Waals surface area contributed by atoms with Crippen molar-refractivity contribution in [2.24, 2.45) is 0 Å². The molecule has 2 aliphatic rings. The summed E-state index contributed by atoms with van der Waals surface area (Å²) in [6.07, 6.45) is 4.53. The Kier molecular flexibility index (Phi) is 4.10. The fraction of sp³-hybridized carbons (Fsp3) is 0.500. The number of nitrogens with zero attached hydrogens (tertiary/aromatic N) is 3. The molecule has 0 fully saturated rings. The average Bonchev–Trinajstić information content (AvgIpc) is 2.89. The largest absolute Gasteiger partial charge is 0.489 e. The van der Waals surface area contributed by atoms with Gasteiger partial charge in [-0.05, 0) is 24.1 Å². The van der Waals surface area contributed by atoms with E-state index in [-0.39, 0.29) is 0 Å². The van der Waals surface area contributed by atoms with Crippen molar-refractivity contribution in [3.05, 3.63) is 34.9 Å². The lowest BCUT2D eigenvalue weighted by Crippen LogP contribution is -2.37. The van der Waals surface area contributed by atoms with Gasteiger partial charge in [-0.25, -0.2) is 9.67 Å². The summed E-state index contributed by atoms with van der Waals surface area (Å²) in [6.45, 7) is 2.91. The van der Waals surface area contributed by atoms with Crippen LogP contribution >= 0.6 is 11.6 Å². The summed E-state index contributed by atoms with van der Waals surface area (Å²) >= 11 is 6.34. The van der Waals surface area contributed by atoms with Gasteiger partial charge in [-0.15, -0.1) is 0 Å². The lowest BCUT2D eigenvalue weighted by atomic mass is 10.1. The minimum Gasteiger partial charge on any atom is -0.489 e. The van der Waals surface area contributed by atoms with Crippen LogP contribution < -0.4 is 14.8 Å². The van der Waals surface area contributed by atoms with Crippen LogP contribution in [0.15, 0.2) is 18.5 Å². The molecule has 0 radical (unpaired) electrons. The van der Waals surface area contributed by atoms with Crippen molar-refractivity contribution in [2.75, 3.05) is 13.2 Å². The Morgan fingerprint density at radius 2 is 2.22 bits per heavy atom. The predicted molar refractivity (Wildman–Crippen MR) is 86.0 cm³/mol. The Balaban J connectivity index is 1.43. The summed E-state index contributed by atoms with van der Waals surface area (Å²) in [5.41, 5.74) is 1.10. The second-order valence-electron chi connectivity index (χ2n) is 5.93. The summed E-state index contributed by atoms with van der Waals surface area (Å²) in [5.74, 6) is 2.48. The second kappa shape index (κ2) is 6.37. The molecule has 1 aromatic heterocycles. The van der Waals surface area contributed by atoms with Crippen molar-refractivity contribution < 1.29 is 9.47 Å². The van der Waals surface area contributed by atoms with Crippen LogP contribution in [0.1, 0.15) is 24.2 Å². The molecule has 0 unspecified atom stereocenters. The molecule has 23 heavy (non-hydrogen) atoms. The molecule has 0 amide bonds. The van der Waals surface area contributed by atoms with Crippen molar-refractivity contribution in [3.63, 3.8) is 0 Å². The van der Waals surface area contributed by atoms with E-state index in [0.29, 0.717) is 30.0 Å². The number of aryl methyl sites for hydroxylation is 1. The van der Waals surface area contributed by atoms with Crippen LogP contribution in [0.4, 0.5) is 0 Å². The highest BCUT2D eigenvalue weighted by Gasteiger charge is 2.20. The van der Waals surface area contributed by atoms with E-state index >= 15 is 0 Å². The Bertz CT molecular complexity index is 703. The molecule has 6 nitrogen and oxygen atoms in total. The highest BCUT2D eigenvalue weighted by atomic mass is 35.5. The molecule has 1 aromatic carbocycles. The SMILES string of the molecule is Clc1cc(CN[C@@H]2CCc3ncnn3C2)cc2c1OCCCO2. The third-order valence-corrected chi connectivity index (χ3v) is 4.54. The van der Waals surface area contributed by atoms with Gasteiger partial charge < -0.3 is 14.8 Å². The summed E-state index contributed by atoms with van der Waals surface area (Å²) in [5, 5.41) is 8.44. The van der Waals surface area contributed by atoms with Crippen molar-refractivity contribution >= 4 is 11.6 Å². The summed E-state index contributed by atoms with van der Waals surface area (Å²) in [7, 11) is 0. The molecule has 1 atom stereocenters. The summed E-state index contributed by atoms with van der Waals surface area (Å²) in [6, 6.07) is 4.36. The zero-order chi connectivity index (χ0) is 15.6. The number of rotatable bonds is 3. The van der Waals surface area contributed by atoms with E-state index in [1.165, 1.54) is 0 Å². The van der Waals surface area contributed by atoms with Crippen LogP contribution in [0.25, 0.3) is 0 Å². The van der Waals surface area contributed by atoms with E-state index in [0.717, 1.165) is 49.5 Å². The van der Waals surface area contributed by atoms with Crippen LogP contribution in [0.5, 0.6) is 11.5 Å². The van der Waals surface area contributed by atoms with E-state index in [2.05, 4.69) is 15.4 Å². The fourth-order valence-corrected chi connectivity index (χ4v) is 3.34. The Morgan fingerprint density at radius 1 is 1.30 bits per heavy atom. The van der Waals surface area contributed by atoms with Crippen LogP contribution in [-0.4, -0.2) is 34.0 Å². The lowest BCUT2D eigenvalue weighted by molar-refractivity contribution is 0.297. The van der Waals surface area contributed by atoms with Gasteiger partial charge >= 0.3 is 0 Å². The molecule has 1 N–H and O–H groups in total. The smallest absolute Gasteiger partial charge is 0.179 e. The number of hydrogen-bond donors (Lipinski definition) is 1. The molecular formula is C16H19ClN4O2. The van der Waals surface area contributed by atoms with Crippen LogP contribution in [0, 0.1) is 0 Å². The Hall–Kier alpha value is -1.79. The maximum absolute atomic E-state index is 6.34. The fourth-order valence-electron chi connectivity index (χ4n) is 3.05. The number of fused-ring (bicyclic) bond motifs is 2. The van der Waals surface area contributed by atoms with E-state index < -0.39 is 0 Å². The monoisotopic (exact) mass is 334 g/mol. The van der Waals surface area contributed by atoms with Gasteiger partial charge in [-0.1, -0.05) is 11.6 Å². The topological polar surface area (TPSA) is 61.2 Å². The van der Waals surface area contributed by atoms with E-state index in [1.54, 1.807) is 6.33 Å². The molecule has 4 rings (SSSR count). The number of hydrogen-bond acceptors (Lipinski definition) is 5. The minimum absolute atomic E-state index is 0.388. The zero-order valence-electron chi connectivity index (χ0n) is 12.8. The number of aromatic nitrogens is 3. The molecule has 0 bridgehead atoms. The first-order valence-electron chi connectivity index (χ1n) is 7.97. The average molecular weight is 335 g/mol. The number of nitrogens with one attached hydrogen (secondary N) is 1. The highest BCUT2D eigenvalue weighted by Crippen LogP contribution is 2.38. The maximum atomic E-state index is 6.34. The first-order valence-corrected chi connectivity index (χ1v) is 8.35. The van der Waals surface area contributed by atoms with Crippen molar-refractivity contribution in [1.29, 1.82) is 0 Å². The third kappa shape index (κ3) is 3.14. The molecule has 0 saturated carbocycles. The third-order valence-electron chi connectivity index (χ3n) is 4.26. The maximum Gasteiger partial charge on any atom is 0.179 e. The quantitative estimate of drug-likeness (QED) is 0.932. The van der Waals surface area contributed by atoms with Gasteiger partial charge in [0.1, 0.15) is 12.2 Å². The van der Waals surface area contributed by atoms with E-state index in [4.69, 9.17) is 21.1 Å². The van der Waals surface area contributed by atoms with Gasteiger partial charge in [0.05, 0.1) is 24.8 Å². The predicted octanol–water partition coefficient (Wildman–Crippen LogP) is 2.20. The van der Waals surface area contributed by atoms with Gasteiger partial charge in [0, 0.05) is 25.4 Å².